The van der Waals surface area contributed by atoms with Crippen LogP contribution in [0.1, 0.15) is 49.3 Å². The molecule has 4 heteroatoms. The Morgan fingerprint density at radius 2 is 1.81 bits per heavy atom. The summed E-state index contributed by atoms with van der Waals surface area (Å²) in [6.45, 7) is 7.16. The molecule has 21 heavy (non-hydrogen) atoms. The largest absolute Gasteiger partial charge is 0.460 e. The van der Waals surface area contributed by atoms with Gasteiger partial charge in [0.15, 0.2) is 0 Å². The molecule has 1 amide bonds. The first-order valence-electron chi connectivity index (χ1n) is 7.49. The van der Waals surface area contributed by atoms with E-state index < -0.39 is 0 Å². The summed E-state index contributed by atoms with van der Waals surface area (Å²) < 4.78 is 5.48. The molecule has 4 nitrogen and oxygen atoms in total. The molecule has 1 fully saturated rings. The summed E-state index contributed by atoms with van der Waals surface area (Å²) in [5, 5.41) is 0. The number of hydrogen-bond acceptors (Lipinski definition) is 3. The number of aryl methyl sites for hydroxylation is 2. The molecule has 1 saturated carbocycles. The van der Waals surface area contributed by atoms with E-state index in [1.165, 1.54) is 18.1 Å². The van der Waals surface area contributed by atoms with Gasteiger partial charge in [-0.2, -0.15) is 0 Å². The lowest BCUT2D eigenvalue weighted by molar-refractivity contribution is -0.147. The van der Waals surface area contributed by atoms with Crippen molar-refractivity contribution in [1.29, 1.82) is 0 Å². The van der Waals surface area contributed by atoms with Crippen molar-refractivity contribution in [3.05, 3.63) is 28.8 Å². The van der Waals surface area contributed by atoms with Crippen LogP contribution in [-0.4, -0.2) is 24.0 Å². The number of fused-ring (bicyclic) bond motifs is 3. The third-order valence-electron chi connectivity index (χ3n) is 4.76. The lowest BCUT2D eigenvalue weighted by atomic mass is 9.92. The smallest absolute Gasteiger partial charge is 0.302 e. The molecule has 1 aromatic carbocycles. The maximum absolute atomic E-state index is 12.2. The SMILES string of the molecule is CC(=O)O[C@@H]1CC[C@@H]2c3c(C)ccc(C)c3N(C(C)=O)[C@H]21. The molecular formula is C17H21NO3. The normalized spacial score (nSPS) is 26.5. The Bertz CT molecular complexity index is 623. The van der Waals surface area contributed by atoms with E-state index in [4.69, 9.17) is 4.74 Å². The molecule has 2 aliphatic rings. The molecule has 1 aliphatic carbocycles. The molecule has 3 rings (SSSR count). The number of amides is 1. The zero-order valence-electron chi connectivity index (χ0n) is 13.0. The van der Waals surface area contributed by atoms with Crippen LogP contribution in [0.5, 0.6) is 0 Å². The van der Waals surface area contributed by atoms with Gasteiger partial charge < -0.3 is 9.64 Å². The summed E-state index contributed by atoms with van der Waals surface area (Å²) >= 11 is 0. The van der Waals surface area contributed by atoms with Gasteiger partial charge in [-0.3, -0.25) is 9.59 Å². The van der Waals surface area contributed by atoms with E-state index >= 15 is 0 Å². The number of carbonyl (C=O) groups excluding carboxylic acids is 2. The van der Waals surface area contributed by atoms with Crippen molar-refractivity contribution in [2.24, 2.45) is 0 Å². The van der Waals surface area contributed by atoms with Gasteiger partial charge in [-0.25, -0.2) is 0 Å². The summed E-state index contributed by atoms with van der Waals surface area (Å²) in [6, 6.07) is 4.14. The highest BCUT2D eigenvalue weighted by Crippen LogP contribution is 2.52. The summed E-state index contributed by atoms with van der Waals surface area (Å²) in [4.78, 5) is 25.4. The van der Waals surface area contributed by atoms with Crippen LogP contribution in [0.25, 0.3) is 0 Å². The molecule has 0 radical (unpaired) electrons. The minimum atomic E-state index is -0.270. The first-order valence-corrected chi connectivity index (χ1v) is 7.49. The van der Waals surface area contributed by atoms with Gasteiger partial charge in [-0.1, -0.05) is 12.1 Å². The van der Waals surface area contributed by atoms with Gasteiger partial charge in [0.05, 0.1) is 11.7 Å². The Hall–Kier alpha value is -1.84. The second-order valence-electron chi connectivity index (χ2n) is 6.17. The highest BCUT2D eigenvalue weighted by Gasteiger charge is 2.51. The molecule has 0 N–H and O–H groups in total. The van der Waals surface area contributed by atoms with Gasteiger partial charge in [0.25, 0.3) is 0 Å². The minimum Gasteiger partial charge on any atom is -0.460 e. The number of ether oxygens (including phenoxy) is 1. The summed E-state index contributed by atoms with van der Waals surface area (Å²) in [7, 11) is 0. The highest BCUT2D eigenvalue weighted by atomic mass is 16.5. The molecule has 0 saturated heterocycles. The molecule has 1 aromatic rings. The Morgan fingerprint density at radius 3 is 2.43 bits per heavy atom. The van der Waals surface area contributed by atoms with Crippen LogP contribution >= 0.6 is 0 Å². The lowest BCUT2D eigenvalue weighted by Gasteiger charge is -2.29. The molecule has 0 aromatic heterocycles. The first kappa shape index (κ1) is 14.1. The predicted molar refractivity (Wildman–Crippen MR) is 80.4 cm³/mol. The quantitative estimate of drug-likeness (QED) is 0.746. The van der Waals surface area contributed by atoms with Crippen LogP contribution in [0.3, 0.4) is 0 Å². The number of esters is 1. The number of nitrogens with zero attached hydrogens (tertiary/aromatic N) is 1. The Kier molecular flexibility index (Phi) is 3.27. The third kappa shape index (κ3) is 2.04. The van der Waals surface area contributed by atoms with E-state index in [2.05, 4.69) is 19.1 Å². The first-order chi connectivity index (χ1) is 9.91. The molecule has 3 atom stereocenters. The standard InChI is InChI=1S/C17H21NO3/c1-9-5-6-10(2)16-15(9)13-7-8-14(21-12(4)20)17(13)18(16)11(3)19/h5-6,13-14,17H,7-8H2,1-4H3/t13-,14-,17-/m1/s1. The molecule has 0 unspecified atom stereocenters. The fraction of sp³-hybridized carbons (Fsp3) is 0.529. The van der Waals surface area contributed by atoms with Crippen molar-refractivity contribution in [1.82, 2.24) is 0 Å². The number of rotatable bonds is 1. The van der Waals surface area contributed by atoms with E-state index in [1.807, 2.05) is 11.8 Å². The Balaban J connectivity index is 2.11. The Labute approximate surface area is 125 Å². The molecule has 0 bridgehead atoms. The Morgan fingerprint density at radius 1 is 1.14 bits per heavy atom. The second-order valence-corrected chi connectivity index (χ2v) is 6.17. The van der Waals surface area contributed by atoms with Gasteiger partial charge in [0.2, 0.25) is 5.91 Å². The predicted octanol–water partition coefficient (Wildman–Crippen LogP) is 2.85. The lowest BCUT2D eigenvalue weighted by Crippen LogP contribution is -2.44. The van der Waals surface area contributed by atoms with Gasteiger partial charge in [0.1, 0.15) is 6.10 Å². The van der Waals surface area contributed by atoms with Crippen LogP contribution < -0.4 is 4.90 Å². The zero-order valence-corrected chi connectivity index (χ0v) is 13.0. The monoisotopic (exact) mass is 287 g/mol. The number of carbonyl (C=O) groups is 2. The molecule has 1 heterocycles. The second kappa shape index (κ2) is 4.86. The van der Waals surface area contributed by atoms with Gasteiger partial charge in [0, 0.05) is 19.8 Å². The van der Waals surface area contributed by atoms with Crippen molar-refractivity contribution >= 4 is 17.6 Å². The van der Waals surface area contributed by atoms with E-state index in [-0.39, 0.29) is 29.9 Å². The van der Waals surface area contributed by atoms with Crippen molar-refractivity contribution in [3.63, 3.8) is 0 Å². The van der Waals surface area contributed by atoms with Crippen LogP contribution in [-0.2, 0) is 14.3 Å². The average molecular weight is 287 g/mol. The van der Waals surface area contributed by atoms with Crippen LogP contribution in [0.4, 0.5) is 5.69 Å². The zero-order chi connectivity index (χ0) is 15.3. The molecule has 1 aliphatic heterocycles. The fourth-order valence-electron chi connectivity index (χ4n) is 4.07. The average Bonchev–Trinajstić information content (AvgIpc) is 2.92. The highest BCUT2D eigenvalue weighted by molar-refractivity contribution is 5.97. The van der Waals surface area contributed by atoms with E-state index in [0.717, 1.165) is 24.1 Å². The summed E-state index contributed by atoms with van der Waals surface area (Å²) in [6.07, 6.45) is 1.59. The number of benzene rings is 1. The molecule has 0 spiro atoms. The van der Waals surface area contributed by atoms with Crippen molar-refractivity contribution < 1.29 is 14.3 Å². The van der Waals surface area contributed by atoms with Crippen molar-refractivity contribution in [3.8, 4) is 0 Å². The van der Waals surface area contributed by atoms with Crippen LogP contribution in [0, 0.1) is 13.8 Å². The van der Waals surface area contributed by atoms with Crippen molar-refractivity contribution in [2.45, 2.75) is 58.6 Å². The van der Waals surface area contributed by atoms with E-state index in [1.54, 1.807) is 6.92 Å². The topological polar surface area (TPSA) is 46.6 Å². The fourth-order valence-corrected chi connectivity index (χ4v) is 4.07. The minimum absolute atomic E-state index is 0.0245. The van der Waals surface area contributed by atoms with Crippen molar-refractivity contribution in [2.75, 3.05) is 4.90 Å². The summed E-state index contributed by atoms with van der Waals surface area (Å²) in [5.74, 6) is 0.0400. The van der Waals surface area contributed by atoms with Gasteiger partial charge >= 0.3 is 5.97 Å². The maximum Gasteiger partial charge on any atom is 0.302 e. The third-order valence-corrected chi connectivity index (χ3v) is 4.76. The van der Waals surface area contributed by atoms with E-state index in [0.29, 0.717) is 0 Å². The van der Waals surface area contributed by atoms with Crippen LogP contribution in [0.2, 0.25) is 0 Å². The van der Waals surface area contributed by atoms with Gasteiger partial charge in [-0.15, -0.1) is 0 Å². The number of anilines is 1. The van der Waals surface area contributed by atoms with Gasteiger partial charge in [-0.05, 0) is 43.4 Å². The summed E-state index contributed by atoms with van der Waals surface area (Å²) in [5.41, 5.74) is 4.64. The molecular weight excluding hydrogens is 266 g/mol. The van der Waals surface area contributed by atoms with E-state index in [9.17, 15) is 9.59 Å². The number of hydrogen-bond donors (Lipinski definition) is 0. The van der Waals surface area contributed by atoms with Crippen LogP contribution in [0.15, 0.2) is 12.1 Å². The molecule has 112 valence electrons. The maximum atomic E-state index is 12.2.